The first kappa shape index (κ1) is 17.0. The van der Waals surface area contributed by atoms with Gasteiger partial charge in [-0.15, -0.1) is 4.40 Å². The molecule has 0 aromatic carbocycles. The van der Waals surface area contributed by atoms with Crippen LogP contribution in [0.25, 0.3) is 0 Å². The molecular weight excluding hydrogens is 359 g/mol. The van der Waals surface area contributed by atoms with Gasteiger partial charge < -0.3 is 10.4 Å². The van der Waals surface area contributed by atoms with Gasteiger partial charge in [0.05, 0.1) is 5.92 Å². The zero-order chi connectivity index (χ0) is 16.5. The Morgan fingerprint density at radius 2 is 1.86 bits per heavy atom. The van der Waals surface area contributed by atoms with Crippen LogP contribution < -0.4 is 10.6 Å². The van der Waals surface area contributed by atoms with Gasteiger partial charge >= 0.3 is 22.2 Å². The van der Waals surface area contributed by atoms with Gasteiger partial charge in [-0.3, -0.25) is 10.1 Å². The molecule has 122 valence electrons. The second kappa shape index (κ2) is 6.41. The van der Waals surface area contributed by atoms with Gasteiger partial charge in [0.15, 0.2) is 5.84 Å². The molecule has 0 unspecified atom stereocenters. The Labute approximate surface area is 136 Å². The Morgan fingerprint density at radius 3 is 2.36 bits per heavy atom. The summed E-state index contributed by atoms with van der Waals surface area (Å²) in [6.07, 6.45) is 0.395. The van der Waals surface area contributed by atoms with Crippen LogP contribution in [0.3, 0.4) is 0 Å². The maximum Gasteiger partial charge on any atom is 0.325 e. The van der Waals surface area contributed by atoms with E-state index in [1.807, 2.05) is 0 Å². The molecule has 0 atom stereocenters. The molecule has 0 aliphatic carbocycles. The van der Waals surface area contributed by atoms with Gasteiger partial charge in [-0.1, -0.05) is 23.2 Å². The molecular formula is C10H12Cl2N4O5S. The van der Waals surface area contributed by atoms with E-state index in [0.29, 0.717) is 0 Å². The van der Waals surface area contributed by atoms with Crippen molar-refractivity contribution in [3.63, 3.8) is 0 Å². The first-order chi connectivity index (χ1) is 10.2. The Kier molecular flexibility index (Phi) is 4.95. The van der Waals surface area contributed by atoms with E-state index in [9.17, 15) is 18.0 Å². The summed E-state index contributed by atoms with van der Waals surface area (Å²) < 4.78 is 28.6. The minimum absolute atomic E-state index is 0.0328. The second-order valence-electron chi connectivity index (χ2n) is 4.64. The monoisotopic (exact) mass is 370 g/mol. The summed E-state index contributed by atoms with van der Waals surface area (Å²) in [5.41, 5.74) is -0.127. The molecule has 22 heavy (non-hydrogen) atoms. The number of urea groups is 1. The number of halogens is 2. The Hall–Kier alpha value is -1.36. The van der Waals surface area contributed by atoms with Crippen molar-refractivity contribution in [1.29, 1.82) is 0 Å². The number of nitrogens with one attached hydrogen (secondary N) is 2. The average molecular weight is 371 g/mol. The molecule has 2 amide bonds. The van der Waals surface area contributed by atoms with Gasteiger partial charge in [-0.25, -0.2) is 4.79 Å². The van der Waals surface area contributed by atoms with E-state index in [4.69, 9.17) is 28.3 Å². The quantitative estimate of drug-likeness (QED) is 0.661. The highest BCUT2D eigenvalue weighted by atomic mass is 35.5. The third-order valence-electron chi connectivity index (χ3n) is 3.23. The fourth-order valence-electron chi connectivity index (χ4n) is 2.09. The molecule has 2 heterocycles. The normalized spacial score (nSPS) is 22.5. The molecule has 2 fully saturated rings. The fourth-order valence-corrected chi connectivity index (χ4v) is 3.51. The minimum Gasteiger partial charge on any atom is -0.481 e. The molecule has 0 bridgehead atoms. The molecule has 0 radical (unpaired) electrons. The molecule has 2 aliphatic rings. The average Bonchev–Trinajstić information content (AvgIpc) is 2.79. The highest BCUT2D eigenvalue weighted by Crippen LogP contribution is 2.22. The van der Waals surface area contributed by atoms with Crippen LogP contribution in [0.4, 0.5) is 4.79 Å². The van der Waals surface area contributed by atoms with Gasteiger partial charge in [-0.05, 0) is 12.8 Å². The van der Waals surface area contributed by atoms with Crippen molar-refractivity contribution in [1.82, 2.24) is 14.9 Å². The summed E-state index contributed by atoms with van der Waals surface area (Å²) in [7, 11) is -4.08. The zero-order valence-electron chi connectivity index (χ0n) is 11.0. The number of hydrogen-bond donors (Lipinski definition) is 3. The van der Waals surface area contributed by atoms with Crippen LogP contribution in [-0.4, -0.2) is 48.8 Å². The molecule has 9 nitrogen and oxygen atoms in total. The number of aliphatic carboxylic acids is 1. The first-order valence-electron chi connectivity index (χ1n) is 6.17. The standard InChI is InChI=1S/C10H12Cl2N4O5S/c11-7(12)6-8(14-10(19)13-6)15-22(20,21)16-3-1-5(2-4-16)9(17)18/h5H,1-4H2,(H,17,18)(H2,13,14,15,19). The minimum atomic E-state index is -4.08. The summed E-state index contributed by atoms with van der Waals surface area (Å²) in [6.45, 7) is 0.0657. The van der Waals surface area contributed by atoms with E-state index < -0.39 is 28.1 Å². The number of carbonyl (C=O) groups excluding carboxylic acids is 1. The number of amides is 2. The third-order valence-corrected chi connectivity index (χ3v) is 5.04. The number of piperidine rings is 1. The zero-order valence-corrected chi connectivity index (χ0v) is 13.4. The smallest absolute Gasteiger partial charge is 0.325 e. The van der Waals surface area contributed by atoms with Crippen LogP contribution in [0.2, 0.25) is 0 Å². The molecule has 12 heteroatoms. The van der Waals surface area contributed by atoms with E-state index in [0.717, 1.165) is 4.31 Å². The topological polar surface area (TPSA) is 128 Å². The summed E-state index contributed by atoms with van der Waals surface area (Å²) in [5, 5.41) is 13.3. The van der Waals surface area contributed by atoms with E-state index in [2.05, 4.69) is 15.0 Å². The second-order valence-corrected chi connectivity index (χ2v) is 7.19. The number of nitrogens with zero attached hydrogens (tertiary/aromatic N) is 2. The SMILES string of the molecule is O=C1NC(=NS(=O)(=O)N2CCC(C(=O)O)CC2)C(=C(Cl)Cl)N1. The maximum absolute atomic E-state index is 12.2. The number of hydrogen-bond acceptors (Lipinski definition) is 4. The Balaban J connectivity index is 2.18. The summed E-state index contributed by atoms with van der Waals surface area (Å²) in [4.78, 5) is 22.1. The molecule has 2 rings (SSSR count). The predicted molar refractivity (Wildman–Crippen MR) is 78.7 cm³/mol. The van der Waals surface area contributed by atoms with Gasteiger partial charge in [0.25, 0.3) is 0 Å². The van der Waals surface area contributed by atoms with Gasteiger partial charge in [0.1, 0.15) is 10.2 Å². The lowest BCUT2D eigenvalue weighted by Gasteiger charge is -2.27. The van der Waals surface area contributed by atoms with Gasteiger partial charge in [0.2, 0.25) is 0 Å². The number of carboxylic acids is 1. The van der Waals surface area contributed by atoms with Crippen molar-refractivity contribution in [3.8, 4) is 0 Å². The van der Waals surface area contributed by atoms with Crippen molar-refractivity contribution >= 4 is 51.2 Å². The van der Waals surface area contributed by atoms with Crippen LogP contribution in [0.5, 0.6) is 0 Å². The van der Waals surface area contributed by atoms with Crippen LogP contribution in [0.1, 0.15) is 12.8 Å². The molecule has 2 aliphatic heterocycles. The number of amidine groups is 1. The summed E-state index contributed by atoms with van der Waals surface area (Å²) >= 11 is 11.1. The summed E-state index contributed by atoms with van der Waals surface area (Å²) in [6, 6.07) is -0.702. The first-order valence-corrected chi connectivity index (χ1v) is 8.32. The number of carboxylic acid groups (broad SMARTS) is 1. The highest BCUT2D eigenvalue weighted by molar-refractivity contribution is 7.88. The lowest BCUT2D eigenvalue weighted by molar-refractivity contribution is -0.142. The third kappa shape index (κ3) is 3.69. The van der Waals surface area contributed by atoms with E-state index in [1.165, 1.54) is 0 Å². The van der Waals surface area contributed by atoms with E-state index in [-0.39, 0.29) is 42.0 Å². The number of carbonyl (C=O) groups is 2. The lowest BCUT2D eigenvalue weighted by atomic mass is 9.99. The lowest BCUT2D eigenvalue weighted by Crippen LogP contribution is -2.40. The fraction of sp³-hybridized carbons (Fsp3) is 0.500. The van der Waals surface area contributed by atoms with Gasteiger partial charge in [-0.2, -0.15) is 12.7 Å². The van der Waals surface area contributed by atoms with E-state index in [1.54, 1.807) is 0 Å². The highest BCUT2D eigenvalue weighted by Gasteiger charge is 2.33. The van der Waals surface area contributed by atoms with Crippen LogP contribution >= 0.6 is 23.2 Å². The summed E-state index contributed by atoms with van der Waals surface area (Å²) in [5.74, 6) is -1.82. The van der Waals surface area contributed by atoms with Crippen molar-refractivity contribution < 1.29 is 23.1 Å². The molecule has 3 N–H and O–H groups in total. The number of rotatable bonds is 3. The van der Waals surface area contributed by atoms with Crippen LogP contribution in [0.15, 0.2) is 14.6 Å². The molecule has 0 aromatic heterocycles. The van der Waals surface area contributed by atoms with Crippen molar-refractivity contribution in [3.05, 3.63) is 10.2 Å². The Morgan fingerprint density at radius 1 is 1.27 bits per heavy atom. The van der Waals surface area contributed by atoms with Crippen molar-refractivity contribution in [2.24, 2.45) is 10.3 Å². The van der Waals surface area contributed by atoms with Crippen LogP contribution in [0, 0.1) is 5.92 Å². The predicted octanol–water partition coefficient (Wildman–Crippen LogP) is 0.386. The largest absolute Gasteiger partial charge is 0.481 e. The maximum atomic E-state index is 12.2. The van der Waals surface area contributed by atoms with Gasteiger partial charge in [0, 0.05) is 13.1 Å². The van der Waals surface area contributed by atoms with Crippen molar-refractivity contribution in [2.75, 3.05) is 13.1 Å². The van der Waals surface area contributed by atoms with E-state index >= 15 is 0 Å². The molecule has 0 saturated carbocycles. The van der Waals surface area contributed by atoms with Crippen LogP contribution in [-0.2, 0) is 15.0 Å². The van der Waals surface area contributed by atoms with Crippen molar-refractivity contribution in [2.45, 2.75) is 12.8 Å². The Bertz CT molecular complexity index is 663. The molecule has 2 saturated heterocycles. The molecule has 0 spiro atoms. The molecule has 0 aromatic rings.